The molecule has 1 aromatic carbocycles. The van der Waals surface area contributed by atoms with Crippen molar-refractivity contribution in [2.24, 2.45) is 12.8 Å². The van der Waals surface area contributed by atoms with Gasteiger partial charge < -0.3 is 20.5 Å². The SMILES string of the molecule is COc1cc(C[NH2+]CCCSc2nnnn2C)ccc1OCC(N)=O. The van der Waals surface area contributed by atoms with Gasteiger partial charge in [-0.1, -0.05) is 11.8 Å². The third-order valence-electron chi connectivity index (χ3n) is 3.34. The van der Waals surface area contributed by atoms with Crippen LogP contribution in [0.3, 0.4) is 0 Å². The van der Waals surface area contributed by atoms with E-state index >= 15 is 0 Å². The number of tetrazole rings is 1. The Balaban J connectivity index is 1.71. The zero-order valence-electron chi connectivity index (χ0n) is 14.3. The van der Waals surface area contributed by atoms with E-state index in [1.165, 1.54) is 0 Å². The first-order valence-corrected chi connectivity index (χ1v) is 8.83. The number of thioether (sulfide) groups is 1. The molecule has 0 bridgehead atoms. The molecule has 2 rings (SSSR count). The van der Waals surface area contributed by atoms with E-state index in [1.54, 1.807) is 29.6 Å². The van der Waals surface area contributed by atoms with Crippen molar-refractivity contribution >= 4 is 17.7 Å². The van der Waals surface area contributed by atoms with Gasteiger partial charge in [0.25, 0.3) is 5.91 Å². The number of carbonyl (C=O) groups is 1. The van der Waals surface area contributed by atoms with Crippen molar-refractivity contribution in [3.8, 4) is 11.5 Å². The van der Waals surface area contributed by atoms with E-state index in [4.69, 9.17) is 15.2 Å². The molecule has 9 nitrogen and oxygen atoms in total. The summed E-state index contributed by atoms with van der Waals surface area (Å²) in [5.41, 5.74) is 6.20. The normalized spacial score (nSPS) is 10.6. The van der Waals surface area contributed by atoms with Gasteiger partial charge in [-0.25, -0.2) is 4.68 Å². The molecule has 0 atom stereocenters. The Hall–Kier alpha value is -2.33. The van der Waals surface area contributed by atoms with Gasteiger partial charge in [0.2, 0.25) is 5.16 Å². The Bertz CT molecular complexity index is 694. The smallest absolute Gasteiger partial charge is 0.255 e. The molecule has 136 valence electrons. The molecule has 0 saturated carbocycles. The van der Waals surface area contributed by atoms with Crippen LogP contribution in [0.25, 0.3) is 0 Å². The summed E-state index contributed by atoms with van der Waals surface area (Å²) >= 11 is 1.65. The van der Waals surface area contributed by atoms with Gasteiger partial charge >= 0.3 is 0 Å². The number of nitrogens with zero attached hydrogens (tertiary/aromatic N) is 4. The van der Waals surface area contributed by atoms with Crippen molar-refractivity contribution in [2.75, 3.05) is 26.0 Å². The molecule has 0 spiro atoms. The highest BCUT2D eigenvalue weighted by Gasteiger charge is 2.08. The summed E-state index contributed by atoms with van der Waals surface area (Å²) in [6, 6.07) is 5.66. The third kappa shape index (κ3) is 6.24. The number of quaternary nitrogens is 1. The fourth-order valence-corrected chi connectivity index (χ4v) is 2.92. The molecule has 1 aromatic heterocycles. The largest absolute Gasteiger partial charge is 0.493 e. The van der Waals surface area contributed by atoms with E-state index in [2.05, 4.69) is 20.8 Å². The van der Waals surface area contributed by atoms with Gasteiger partial charge in [-0.3, -0.25) is 4.79 Å². The lowest BCUT2D eigenvalue weighted by Gasteiger charge is -2.10. The summed E-state index contributed by atoms with van der Waals surface area (Å²) in [7, 11) is 3.40. The first-order valence-electron chi connectivity index (χ1n) is 7.85. The minimum absolute atomic E-state index is 0.166. The van der Waals surface area contributed by atoms with E-state index in [-0.39, 0.29) is 6.61 Å². The van der Waals surface area contributed by atoms with Crippen LogP contribution in [0.1, 0.15) is 12.0 Å². The summed E-state index contributed by atoms with van der Waals surface area (Å²) in [5, 5.41) is 14.4. The summed E-state index contributed by atoms with van der Waals surface area (Å²) in [5.74, 6) is 1.55. The monoisotopic (exact) mass is 367 g/mol. The number of aryl methyl sites for hydroxylation is 1. The topological polar surface area (TPSA) is 122 Å². The number of benzene rings is 1. The van der Waals surface area contributed by atoms with Crippen LogP contribution < -0.4 is 20.5 Å². The zero-order chi connectivity index (χ0) is 18.1. The fraction of sp³-hybridized carbons (Fsp3) is 0.467. The molecule has 1 heterocycles. The second kappa shape index (κ2) is 9.84. The number of rotatable bonds is 11. The van der Waals surface area contributed by atoms with Crippen molar-refractivity contribution in [3.63, 3.8) is 0 Å². The van der Waals surface area contributed by atoms with E-state index in [9.17, 15) is 4.79 Å². The van der Waals surface area contributed by atoms with Crippen LogP contribution in [-0.4, -0.2) is 52.1 Å². The van der Waals surface area contributed by atoms with E-state index in [0.29, 0.717) is 11.5 Å². The number of amides is 1. The molecule has 0 aliphatic carbocycles. The van der Waals surface area contributed by atoms with Crippen LogP contribution in [0, 0.1) is 0 Å². The molecule has 1 amide bonds. The Morgan fingerprint density at radius 3 is 2.92 bits per heavy atom. The maximum absolute atomic E-state index is 10.8. The van der Waals surface area contributed by atoms with Gasteiger partial charge in [0, 0.05) is 24.8 Å². The van der Waals surface area contributed by atoms with E-state index in [1.807, 2.05) is 19.2 Å². The number of ether oxygens (including phenoxy) is 2. The predicted molar refractivity (Wildman–Crippen MR) is 92.3 cm³/mol. The number of primary amides is 1. The van der Waals surface area contributed by atoms with Gasteiger partial charge in [-0.15, -0.1) is 5.10 Å². The zero-order valence-corrected chi connectivity index (χ0v) is 15.2. The lowest BCUT2D eigenvalue weighted by Crippen LogP contribution is -2.82. The van der Waals surface area contributed by atoms with Crippen molar-refractivity contribution < 1.29 is 19.6 Å². The highest BCUT2D eigenvalue weighted by molar-refractivity contribution is 7.99. The Morgan fingerprint density at radius 1 is 1.40 bits per heavy atom. The molecule has 0 fully saturated rings. The van der Waals surface area contributed by atoms with Crippen molar-refractivity contribution in [3.05, 3.63) is 23.8 Å². The van der Waals surface area contributed by atoms with Crippen molar-refractivity contribution in [2.45, 2.75) is 18.1 Å². The molecule has 4 N–H and O–H groups in total. The van der Waals surface area contributed by atoms with Crippen LogP contribution in [0.5, 0.6) is 11.5 Å². The van der Waals surface area contributed by atoms with Gasteiger partial charge in [-0.2, -0.15) is 0 Å². The second-order valence-corrected chi connectivity index (χ2v) is 6.37. The molecule has 25 heavy (non-hydrogen) atoms. The summed E-state index contributed by atoms with van der Waals surface area (Å²) in [6.45, 7) is 1.67. The Labute approximate surface area is 150 Å². The standard InChI is InChI=1S/C15H22N6O3S/c1-21-15(18-19-20-21)25-7-3-6-17-9-11-4-5-12(13(8-11)23-2)24-10-14(16)22/h4-5,8,17H,3,6-7,9-10H2,1-2H3,(H2,16,22)/p+1. The lowest BCUT2D eigenvalue weighted by atomic mass is 10.2. The van der Waals surface area contributed by atoms with Crippen LogP contribution >= 0.6 is 11.8 Å². The maximum atomic E-state index is 10.8. The minimum Gasteiger partial charge on any atom is -0.493 e. The number of aromatic nitrogens is 4. The summed E-state index contributed by atoms with van der Waals surface area (Å²) in [4.78, 5) is 10.8. The van der Waals surface area contributed by atoms with E-state index < -0.39 is 5.91 Å². The van der Waals surface area contributed by atoms with Gasteiger partial charge in [0.15, 0.2) is 18.1 Å². The summed E-state index contributed by atoms with van der Waals surface area (Å²) < 4.78 is 12.3. The Morgan fingerprint density at radius 2 is 2.24 bits per heavy atom. The van der Waals surface area contributed by atoms with Crippen LogP contribution in [0.15, 0.2) is 23.4 Å². The number of hydrogen-bond acceptors (Lipinski definition) is 7. The number of carbonyl (C=O) groups excluding carboxylic acids is 1. The van der Waals surface area contributed by atoms with Crippen LogP contribution in [0.2, 0.25) is 0 Å². The first-order chi connectivity index (χ1) is 12.1. The molecule has 0 aliphatic rings. The quantitative estimate of drug-likeness (QED) is 0.399. The predicted octanol–water partition coefficient (Wildman–Crippen LogP) is -0.671. The number of methoxy groups -OCH3 is 1. The fourth-order valence-electron chi connectivity index (χ4n) is 2.11. The van der Waals surface area contributed by atoms with Crippen LogP contribution in [-0.2, 0) is 18.4 Å². The second-order valence-electron chi connectivity index (χ2n) is 5.31. The van der Waals surface area contributed by atoms with Crippen molar-refractivity contribution in [1.82, 2.24) is 20.2 Å². The third-order valence-corrected chi connectivity index (χ3v) is 4.44. The lowest BCUT2D eigenvalue weighted by molar-refractivity contribution is -0.670. The maximum Gasteiger partial charge on any atom is 0.255 e. The van der Waals surface area contributed by atoms with E-state index in [0.717, 1.165) is 36.0 Å². The molecule has 0 saturated heterocycles. The van der Waals surface area contributed by atoms with Gasteiger partial charge in [-0.05, 0) is 28.6 Å². The molecular formula is C15H23N6O3S+. The molecule has 0 aliphatic heterocycles. The molecular weight excluding hydrogens is 344 g/mol. The molecule has 10 heteroatoms. The summed E-state index contributed by atoms with van der Waals surface area (Å²) in [6.07, 6.45) is 1.05. The first kappa shape index (κ1) is 19.0. The molecule has 2 aromatic rings. The average Bonchev–Trinajstić information content (AvgIpc) is 3.01. The Kier molecular flexibility index (Phi) is 7.48. The van der Waals surface area contributed by atoms with Crippen molar-refractivity contribution in [1.29, 1.82) is 0 Å². The number of hydrogen-bond donors (Lipinski definition) is 2. The number of nitrogens with two attached hydrogens (primary N) is 2. The average molecular weight is 367 g/mol. The highest BCUT2D eigenvalue weighted by Crippen LogP contribution is 2.27. The molecule has 0 radical (unpaired) electrons. The molecule has 0 unspecified atom stereocenters. The minimum atomic E-state index is -0.519. The van der Waals surface area contributed by atoms with Gasteiger partial charge in [0.05, 0.1) is 13.7 Å². The highest BCUT2D eigenvalue weighted by atomic mass is 32.2. The van der Waals surface area contributed by atoms with Crippen LogP contribution in [0.4, 0.5) is 0 Å². The van der Waals surface area contributed by atoms with Gasteiger partial charge in [0.1, 0.15) is 6.54 Å².